The van der Waals surface area contributed by atoms with Crippen LogP contribution in [0.1, 0.15) is 19.2 Å². The number of hydrogen-bond acceptors (Lipinski definition) is 6. The summed E-state index contributed by atoms with van der Waals surface area (Å²) in [6.07, 6.45) is 0.924. The van der Waals surface area contributed by atoms with Gasteiger partial charge >= 0.3 is 6.01 Å². The lowest BCUT2D eigenvalue weighted by molar-refractivity contribution is -0.117. The monoisotopic (exact) mass is 242 g/mol. The van der Waals surface area contributed by atoms with Crippen LogP contribution in [0.2, 0.25) is 0 Å². The van der Waals surface area contributed by atoms with E-state index >= 15 is 0 Å². The molecule has 0 bridgehead atoms. The van der Waals surface area contributed by atoms with Gasteiger partial charge in [-0.3, -0.25) is 15.0 Å². The van der Waals surface area contributed by atoms with Crippen molar-refractivity contribution in [2.24, 2.45) is 0 Å². The Hall–Kier alpha value is -1.47. The van der Waals surface area contributed by atoms with Crippen molar-refractivity contribution >= 4 is 11.9 Å². The van der Waals surface area contributed by atoms with E-state index < -0.39 is 0 Å². The molecule has 0 saturated carbocycles. The molecule has 1 aromatic rings. The van der Waals surface area contributed by atoms with E-state index in [1.54, 1.807) is 6.92 Å². The Balaban J connectivity index is 2.41. The van der Waals surface area contributed by atoms with Crippen LogP contribution in [0.5, 0.6) is 0 Å². The summed E-state index contributed by atoms with van der Waals surface area (Å²) in [6.45, 7) is 5.14. The zero-order valence-corrected chi connectivity index (χ0v) is 10.1. The number of aliphatic hydroxyl groups excluding tert-OH is 1. The van der Waals surface area contributed by atoms with Crippen LogP contribution in [0.15, 0.2) is 4.42 Å². The average Bonchev–Trinajstić information content (AvgIpc) is 2.64. The molecule has 0 aliphatic heterocycles. The molecule has 7 heteroatoms. The molecule has 1 aromatic heterocycles. The minimum atomic E-state index is -0.226. The average molecular weight is 242 g/mol. The highest BCUT2D eigenvalue weighted by Crippen LogP contribution is 2.03. The van der Waals surface area contributed by atoms with Crippen molar-refractivity contribution in [1.29, 1.82) is 0 Å². The number of aliphatic hydroxyl groups is 1. The van der Waals surface area contributed by atoms with Gasteiger partial charge in [0.05, 0.1) is 13.2 Å². The van der Waals surface area contributed by atoms with Gasteiger partial charge in [0.15, 0.2) is 0 Å². The lowest BCUT2D eigenvalue weighted by Gasteiger charge is -2.18. The van der Waals surface area contributed by atoms with Crippen molar-refractivity contribution in [3.63, 3.8) is 0 Å². The van der Waals surface area contributed by atoms with Crippen LogP contribution < -0.4 is 5.32 Å². The summed E-state index contributed by atoms with van der Waals surface area (Å²) in [5, 5.41) is 18.6. The fourth-order valence-corrected chi connectivity index (χ4v) is 1.44. The van der Waals surface area contributed by atoms with E-state index in [-0.39, 0.29) is 25.1 Å². The second-order valence-electron chi connectivity index (χ2n) is 3.67. The van der Waals surface area contributed by atoms with Gasteiger partial charge in [-0.1, -0.05) is 12.0 Å². The van der Waals surface area contributed by atoms with Crippen LogP contribution in [0.3, 0.4) is 0 Å². The Morgan fingerprint density at radius 2 is 2.24 bits per heavy atom. The van der Waals surface area contributed by atoms with E-state index in [1.807, 2.05) is 11.8 Å². The molecule has 1 amide bonds. The molecule has 0 radical (unpaired) electrons. The summed E-state index contributed by atoms with van der Waals surface area (Å²) in [6, 6.07) is 0.105. The molecule has 0 saturated heterocycles. The quantitative estimate of drug-likeness (QED) is 0.700. The Labute approximate surface area is 99.8 Å². The molecule has 1 rings (SSSR count). The zero-order valence-electron chi connectivity index (χ0n) is 10.1. The fourth-order valence-electron chi connectivity index (χ4n) is 1.44. The van der Waals surface area contributed by atoms with E-state index in [9.17, 15) is 4.79 Å². The third kappa shape index (κ3) is 4.92. The SMILES string of the molecule is CCCN(CCO)CC(=O)Nc1nnc(C)o1. The zero-order chi connectivity index (χ0) is 12.7. The summed E-state index contributed by atoms with van der Waals surface area (Å²) in [4.78, 5) is 13.5. The molecule has 0 fully saturated rings. The molecule has 0 aromatic carbocycles. The lowest BCUT2D eigenvalue weighted by Crippen LogP contribution is -2.35. The van der Waals surface area contributed by atoms with Crippen LogP contribution in [0, 0.1) is 6.92 Å². The molecule has 0 spiro atoms. The first-order chi connectivity index (χ1) is 8.15. The number of carbonyl (C=O) groups excluding carboxylic acids is 1. The van der Waals surface area contributed by atoms with Crippen molar-refractivity contribution in [2.45, 2.75) is 20.3 Å². The van der Waals surface area contributed by atoms with Gasteiger partial charge in [0.25, 0.3) is 0 Å². The van der Waals surface area contributed by atoms with E-state index in [2.05, 4.69) is 15.5 Å². The number of nitrogens with zero attached hydrogens (tertiary/aromatic N) is 3. The highest BCUT2D eigenvalue weighted by molar-refractivity contribution is 5.90. The largest absolute Gasteiger partial charge is 0.408 e. The topological polar surface area (TPSA) is 91.5 Å². The third-order valence-electron chi connectivity index (χ3n) is 2.10. The highest BCUT2D eigenvalue weighted by atomic mass is 16.4. The number of anilines is 1. The first kappa shape index (κ1) is 13.6. The summed E-state index contributed by atoms with van der Waals surface area (Å²) in [5.41, 5.74) is 0. The van der Waals surface area contributed by atoms with Gasteiger partial charge in [-0.15, -0.1) is 5.10 Å². The first-order valence-electron chi connectivity index (χ1n) is 5.59. The molecule has 96 valence electrons. The van der Waals surface area contributed by atoms with Crippen LogP contribution >= 0.6 is 0 Å². The summed E-state index contributed by atoms with van der Waals surface area (Å²) >= 11 is 0. The normalized spacial score (nSPS) is 10.8. The summed E-state index contributed by atoms with van der Waals surface area (Å²) < 4.78 is 5.03. The van der Waals surface area contributed by atoms with Crippen molar-refractivity contribution in [2.75, 3.05) is 31.6 Å². The molecule has 0 aliphatic rings. The second kappa shape index (κ2) is 6.97. The fraction of sp³-hybridized carbons (Fsp3) is 0.700. The van der Waals surface area contributed by atoms with Gasteiger partial charge in [-0.2, -0.15) is 0 Å². The van der Waals surface area contributed by atoms with Gasteiger partial charge in [0.1, 0.15) is 0 Å². The Bertz CT molecular complexity index is 347. The lowest BCUT2D eigenvalue weighted by atomic mass is 10.4. The van der Waals surface area contributed by atoms with Crippen molar-refractivity contribution < 1.29 is 14.3 Å². The number of aromatic nitrogens is 2. The van der Waals surface area contributed by atoms with Gasteiger partial charge in [0, 0.05) is 13.5 Å². The molecule has 0 unspecified atom stereocenters. The van der Waals surface area contributed by atoms with Crippen LogP contribution in [0.25, 0.3) is 0 Å². The molecule has 1 heterocycles. The number of nitrogens with one attached hydrogen (secondary N) is 1. The van der Waals surface area contributed by atoms with Gasteiger partial charge < -0.3 is 9.52 Å². The van der Waals surface area contributed by atoms with Crippen LogP contribution in [0.4, 0.5) is 6.01 Å². The molecule has 0 atom stereocenters. The van der Waals surface area contributed by atoms with Crippen molar-refractivity contribution in [1.82, 2.24) is 15.1 Å². The molecule has 2 N–H and O–H groups in total. The molecule has 17 heavy (non-hydrogen) atoms. The van der Waals surface area contributed by atoms with Gasteiger partial charge in [0.2, 0.25) is 11.8 Å². The number of rotatable bonds is 7. The van der Waals surface area contributed by atoms with E-state index in [1.165, 1.54) is 0 Å². The number of amides is 1. The minimum absolute atomic E-state index is 0.0347. The predicted octanol–water partition coefficient (Wildman–Crippen LogP) is 0.0208. The number of carbonyl (C=O) groups is 1. The van der Waals surface area contributed by atoms with Crippen molar-refractivity contribution in [3.05, 3.63) is 5.89 Å². The van der Waals surface area contributed by atoms with E-state index in [4.69, 9.17) is 9.52 Å². The Morgan fingerprint density at radius 3 is 2.76 bits per heavy atom. The highest BCUT2D eigenvalue weighted by Gasteiger charge is 2.12. The van der Waals surface area contributed by atoms with Gasteiger partial charge in [-0.25, -0.2) is 0 Å². The summed E-state index contributed by atoms with van der Waals surface area (Å²) in [7, 11) is 0. The second-order valence-corrected chi connectivity index (χ2v) is 3.67. The summed E-state index contributed by atoms with van der Waals surface area (Å²) in [5.74, 6) is 0.177. The molecule has 7 nitrogen and oxygen atoms in total. The Morgan fingerprint density at radius 1 is 1.47 bits per heavy atom. The van der Waals surface area contributed by atoms with Crippen LogP contribution in [-0.4, -0.2) is 52.4 Å². The van der Waals surface area contributed by atoms with E-state index in [0.29, 0.717) is 12.4 Å². The number of aryl methyl sites for hydroxylation is 1. The number of hydrogen-bond donors (Lipinski definition) is 2. The first-order valence-corrected chi connectivity index (χ1v) is 5.59. The van der Waals surface area contributed by atoms with Gasteiger partial charge in [-0.05, 0) is 13.0 Å². The maximum atomic E-state index is 11.6. The molecular weight excluding hydrogens is 224 g/mol. The minimum Gasteiger partial charge on any atom is -0.408 e. The van der Waals surface area contributed by atoms with Crippen molar-refractivity contribution in [3.8, 4) is 0 Å². The third-order valence-corrected chi connectivity index (χ3v) is 2.10. The maximum Gasteiger partial charge on any atom is 0.322 e. The molecular formula is C10H18N4O3. The predicted molar refractivity (Wildman–Crippen MR) is 61.5 cm³/mol. The maximum absolute atomic E-state index is 11.6. The standard InChI is InChI=1S/C10H18N4O3/c1-3-4-14(5-6-15)7-9(16)11-10-13-12-8(2)17-10/h15H,3-7H2,1-2H3,(H,11,13,16). The molecule has 0 aliphatic carbocycles. The van der Waals surface area contributed by atoms with Crippen LogP contribution in [-0.2, 0) is 4.79 Å². The smallest absolute Gasteiger partial charge is 0.322 e. The Kier molecular flexibility index (Phi) is 5.58. The van der Waals surface area contributed by atoms with E-state index in [0.717, 1.165) is 13.0 Å².